The smallest absolute Gasteiger partial charge is 0.177 e. The summed E-state index contributed by atoms with van der Waals surface area (Å²) in [4.78, 5) is 7.29. The molecule has 2 heterocycles. The molecular formula is C11H13N3S. The van der Waals surface area contributed by atoms with Crippen LogP contribution in [0.4, 0.5) is 0 Å². The molecule has 4 heteroatoms. The molecule has 0 aliphatic heterocycles. The Balaban J connectivity index is 2.29. The number of rotatable bonds is 2. The summed E-state index contributed by atoms with van der Waals surface area (Å²) in [7, 11) is 0. The molecule has 0 aliphatic rings. The summed E-state index contributed by atoms with van der Waals surface area (Å²) in [5.74, 6) is 0. The summed E-state index contributed by atoms with van der Waals surface area (Å²) in [5, 5.41) is 0. The summed E-state index contributed by atoms with van der Waals surface area (Å²) in [6, 6.07) is 4.09. The molecule has 0 aromatic carbocycles. The van der Waals surface area contributed by atoms with Crippen LogP contribution in [0.3, 0.4) is 0 Å². The number of aryl methyl sites for hydroxylation is 2. The zero-order chi connectivity index (χ0) is 10.8. The average molecular weight is 219 g/mol. The van der Waals surface area contributed by atoms with Crippen LogP contribution in [0.2, 0.25) is 0 Å². The minimum atomic E-state index is 0.757. The predicted molar refractivity (Wildman–Crippen MR) is 62.4 cm³/mol. The molecule has 0 radical (unpaired) electrons. The van der Waals surface area contributed by atoms with E-state index < -0.39 is 0 Å². The number of imidazole rings is 1. The fourth-order valence-corrected chi connectivity index (χ4v) is 1.72. The van der Waals surface area contributed by atoms with E-state index in [1.54, 1.807) is 0 Å². The van der Waals surface area contributed by atoms with Crippen molar-refractivity contribution >= 4 is 12.2 Å². The Morgan fingerprint density at radius 2 is 2.20 bits per heavy atom. The molecule has 2 aromatic rings. The first-order valence-electron chi connectivity index (χ1n) is 4.83. The highest BCUT2D eigenvalue weighted by atomic mass is 32.1. The summed E-state index contributed by atoms with van der Waals surface area (Å²) in [5.41, 5.74) is 3.34. The number of hydrogen-bond acceptors (Lipinski definition) is 2. The normalized spacial score (nSPS) is 10.5. The summed E-state index contributed by atoms with van der Waals surface area (Å²) < 4.78 is 2.81. The first kappa shape index (κ1) is 10.1. The minimum Gasteiger partial charge on any atom is -0.337 e. The van der Waals surface area contributed by atoms with Gasteiger partial charge in [0, 0.05) is 23.8 Å². The Bertz CT molecular complexity index is 507. The topological polar surface area (TPSA) is 33.6 Å². The van der Waals surface area contributed by atoms with Crippen molar-refractivity contribution in [3.05, 3.63) is 46.2 Å². The molecule has 0 fully saturated rings. The molecule has 2 aromatic heterocycles. The molecule has 0 unspecified atom stereocenters. The van der Waals surface area contributed by atoms with Gasteiger partial charge in [-0.3, -0.25) is 4.98 Å². The maximum absolute atomic E-state index is 5.18. The lowest BCUT2D eigenvalue weighted by atomic mass is 10.2. The fraction of sp³-hybridized carbons (Fsp3) is 0.273. The second kappa shape index (κ2) is 3.98. The largest absolute Gasteiger partial charge is 0.337 e. The lowest BCUT2D eigenvalue weighted by Gasteiger charge is -2.05. The van der Waals surface area contributed by atoms with E-state index in [0.29, 0.717) is 0 Å². The molecular weight excluding hydrogens is 206 g/mol. The van der Waals surface area contributed by atoms with E-state index in [4.69, 9.17) is 12.2 Å². The van der Waals surface area contributed by atoms with E-state index in [0.717, 1.165) is 22.7 Å². The number of nitrogens with zero attached hydrogens (tertiary/aromatic N) is 2. The molecule has 0 aliphatic carbocycles. The SMILES string of the molecule is Cc1ccc(Cn2c(C)c[nH]c2=S)cn1. The number of aromatic nitrogens is 3. The van der Waals surface area contributed by atoms with Crippen LogP contribution in [-0.2, 0) is 6.54 Å². The van der Waals surface area contributed by atoms with Crippen molar-refractivity contribution in [3.63, 3.8) is 0 Å². The highest BCUT2D eigenvalue weighted by Crippen LogP contribution is 2.06. The van der Waals surface area contributed by atoms with Crippen molar-refractivity contribution in [3.8, 4) is 0 Å². The third-order valence-electron chi connectivity index (χ3n) is 2.39. The maximum atomic E-state index is 5.18. The van der Waals surface area contributed by atoms with E-state index in [9.17, 15) is 0 Å². The van der Waals surface area contributed by atoms with E-state index in [1.165, 1.54) is 5.56 Å². The zero-order valence-corrected chi connectivity index (χ0v) is 9.64. The van der Waals surface area contributed by atoms with Gasteiger partial charge in [0.2, 0.25) is 0 Å². The van der Waals surface area contributed by atoms with E-state index in [-0.39, 0.29) is 0 Å². The number of aromatic amines is 1. The third-order valence-corrected chi connectivity index (χ3v) is 2.73. The van der Waals surface area contributed by atoms with E-state index in [1.807, 2.05) is 32.3 Å². The van der Waals surface area contributed by atoms with Crippen LogP contribution in [0.1, 0.15) is 17.0 Å². The Morgan fingerprint density at radius 3 is 2.73 bits per heavy atom. The van der Waals surface area contributed by atoms with Crippen LogP contribution < -0.4 is 0 Å². The Hall–Kier alpha value is -1.42. The molecule has 0 bridgehead atoms. The molecule has 0 spiro atoms. The van der Waals surface area contributed by atoms with Crippen LogP contribution in [0.25, 0.3) is 0 Å². The standard InChI is InChI=1S/C11H13N3S/c1-8-3-4-10(6-12-8)7-14-9(2)5-13-11(14)15/h3-6H,7H2,1-2H3,(H,13,15). The molecule has 0 saturated heterocycles. The summed E-state index contributed by atoms with van der Waals surface area (Å²) in [6.07, 6.45) is 3.81. The van der Waals surface area contributed by atoms with Gasteiger partial charge in [-0.25, -0.2) is 0 Å². The van der Waals surface area contributed by atoms with Gasteiger partial charge in [-0.1, -0.05) is 6.07 Å². The van der Waals surface area contributed by atoms with Gasteiger partial charge >= 0.3 is 0 Å². The fourth-order valence-electron chi connectivity index (χ4n) is 1.45. The highest BCUT2D eigenvalue weighted by Gasteiger charge is 2.00. The Kier molecular flexibility index (Phi) is 2.68. The maximum Gasteiger partial charge on any atom is 0.177 e. The first-order valence-corrected chi connectivity index (χ1v) is 5.24. The molecule has 0 saturated carbocycles. The molecule has 78 valence electrons. The number of H-pyrrole nitrogens is 1. The van der Waals surface area contributed by atoms with Gasteiger partial charge in [-0.15, -0.1) is 0 Å². The van der Waals surface area contributed by atoms with Gasteiger partial charge < -0.3 is 9.55 Å². The van der Waals surface area contributed by atoms with Gasteiger partial charge in [0.25, 0.3) is 0 Å². The van der Waals surface area contributed by atoms with Crippen molar-refractivity contribution in [1.29, 1.82) is 0 Å². The second-order valence-electron chi connectivity index (χ2n) is 3.63. The van der Waals surface area contributed by atoms with Crippen molar-refractivity contribution in [1.82, 2.24) is 14.5 Å². The van der Waals surface area contributed by atoms with E-state index >= 15 is 0 Å². The van der Waals surface area contributed by atoms with E-state index in [2.05, 4.69) is 20.6 Å². The molecule has 3 nitrogen and oxygen atoms in total. The van der Waals surface area contributed by atoms with Gasteiger partial charge in [0.05, 0.1) is 6.54 Å². The third kappa shape index (κ3) is 2.15. The summed E-state index contributed by atoms with van der Waals surface area (Å²) in [6.45, 7) is 4.80. The van der Waals surface area contributed by atoms with Crippen LogP contribution in [0.15, 0.2) is 24.5 Å². The minimum absolute atomic E-state index is 0.757. The van der Waals surface area contributed by atoms with Crippen molar-refractivity contribution in [2.45, 2.75) is 20.4 Å². The van der Waals surface area contributed by atoms with Crippen molar-refractivity contribution in [2.75, 3.05) is 0 Å². The predicted octanol–water partition coefficient (Wildman–Crippen LogP) is 2.61. The lowest BCUT2D eigenvalue weighted by Crippen LogP contribution is -2.02. The monoisotopic (exact) mass is 219 g/mol. The quantitative estimate of drug-likeness (QED) is 0.788. The molecule has 1 N–H and O–H groups in total. The van der Waals surface area contributed by atoms with Gasteiger partial charge in [-0.05, 0) is 37.7 Å². The number of nitrogens with one attached hydrogen (secondary N) is 1. The summed E-state index contributed by atoms with van der Waals surface area (Å²) >= 11 is 5.18. The first-order chi connectivity index (χ1) is 7.16. The number of pyridine rings is 1. The average Bonchev–Trinajstić information content (AvgIpc) is 2.53. The van der Waals surface area contributed by atoms with Gasteiger partial charge in [-0.2, -0.15) is 0 Å². The lowest BCUT2D eigenvalue weighted by molar-refractivity contribution is 0.754. The van der Waals surface area contributed by atoms with Crippen LogP contribution in [0, 0.1) is 18.6 Å². The second-order valence-corrected chi connectivity index (χ2v) is 4.02. The molecule has 15 heavy (non-hydrogen) atoms. The molecule has 0 atom stereocenters. The van der Waals surface area contributed by atoms with Crippen LogP contribution >= 0.6 is 12.2 Å². The van der Waals surface area contributed by atoms with Gasteiger partial charge in [0.15, 0.2) is 4.77 Å². The van der Waals surface area contributed by atoms with Crippen LogP contribution in [-0.4, -0.2) is 14.5 Å². The number of hydrogen-bond donors (Lipinski definition) is 1. The van der Waals surface area contributed by atoms with Crippen LogP contribution in [0.5, 0.6) is 0 Å². The highest BCUT2D eigenvalue weighted by molar-refractivity contribution is 7.71. The van der Waals surface area contributed by atoms with Crippen molar-refractivity contribution in [2.24, 2.45) is 0 Å². The zero-order valence-electron chi connectivity index (χ0n) is 8.82. The Morgan fingerprint density at radius 1 is 1.40 bits per heavy atom. The molecule has 2 rings (SSSR count). The molecule has 0 amide bonds. The van der Waals surface area contributed by atoms with Crippen molar-refractivity contribution < 1.29 is 0 Å². The van der Waals surface area contributed by atoms with Gasteiger partial charge in [0.1, 0.15) is 0 Å². The Labute approximate surface area is 93.8 Å².